The molecule has 1 unspecified atom stereocenters. The number of benzene rings is 1. The average Bonchev–Trinajstić information content (AvgIpc) is 2.74. The number of hydrogen-bond donors (Lipinski definition) is 2. The number of amides is 1. The van der Waals surface area contributed by atoms with Crippen molar-refractivity contribution in [3.63, 3.8) is 0 Å². The Hall–Kier alpha value is -3.05. The van der Waals surface area contributed by atoms with Crippen LogP contribution in [-0.2, 0) is 24.3 Å². The molecule has 2 N–H and O–H groups in total. The second-order valence-electron chi connectivity index (χ2n) is 6.34. The summed E-state index contributed by atoms with van der Waals surface area (Å²) in [7, 11) is 0. The minimum Gasteiger partial charge on any atom is -0.350 e. The summed E-state index contributed by atoms with van der Waals surface area (Å²) in [5.74, 6) is -0.0508. The molecular weight excluding hydrogens is 336 g/mol. The van der Waals surface area contributed by atoms with Gasteiger partial charge in [0, 0.05) is 37.9 Å². The van der Waals surface area contributed by atoms with Crippen LogP contribution in [0.1, 0.15) is 35.2 Å². The highest BCUT2D eigenvalue weighted by Gasteiger charge is 2.20. The van der Waals surface area contributed by atoms with E-state index < -0.39 is 6.04 Å². The Labute approximate surface area is 159 Å². The zero-order chi connectivity index (χ0) is 18.9. The first-order valence-electron chi connectivity index (χ1n) is 9.14. The number of rotatable bonds is 8. The number of aromatic nitrogens is 2. The Balaban J connectivity index is 1.72. The standard InChI is InChI=1S/C22H24N4O/c1-2-17-3-5-20(6-4-17)21(25-15-18-7-11-23-12-8-18)22(27)26-16-19-9-13-24-14-10-19/h3-14,21,25H,2,15-16H2,1H3,(H,26,27). The number of pyridine rings is 2. The van der Waals surface area contributed by atoms with Crippen molar-refractivity contribution in [1.82, 2.24) is 20.6 Å². The lowest BCUT2D eigenvalue weighted by Gasteiger charge is -2.19. The smallest absolute Gasteiger partial charge is 0.242 e. The van der Waals surface area contributed by atoms with E-state index in [9.17, 15) is 4.79 Å². The van der Waals surface area contributed by atoms with Crippen molar-refractivity contribution >= 4 is 5.91 Å². The second kappa shape index (κ2) is 9.59. The monoisotopic (exact) mass is 360 g/mol. The Morgan fingerprint density at radius 3 is 1.93 bits per heavy atom. The first kappa shape index (κ1) is 18.7. The summed E-state index contributed by atoms with van der Waals surface area (Å²) in [5, 5.41) is 6.39. The molecule has 3 aromatic rings. The number of nitrogens with zero attached hydrogens (tertiary/aromatic N) is 2. The largest absolute Gasteiger partial charge is 0.350 e. The van der Waals surface area contributed by atoms with Gasteiger partial charge in [0.2, 0.25) is 5.91 Å². The highest BCUT2D eigenvalue weighted by molar-refractivity contribution is 5.83. The molecule has 3 rings (SSSR count). The molecule has 0 spiro atoms. The SMILES string of the molecule is CCc1ccc(C(NCc2ccncc2)C(=O)NCc2ccncc2)cc1. The molecule has 1 amide bonds. The number of nitrogens with one attached hydrogen (secondary N) is 2. The molecule has 1 atom stereocenters. The van der Waals surface area contributed by atoms with E-state index in [1.165, 1.54) is 5.56 Å². The van der Waals surface area contributed by atoms with E-state index in [1.807, 2.05) is 36.4 Å². The van der Waals surface area contributed by atoms with Crippen LogP contribution in [-0.4, -0.2) is 15.9 Å². The summed E-state index contributed by atoms with van der Waals surface area (Å²) >= 11 is 0. The van der Waals surface area contributed by atoms with Gasteiger partial charge in [0.15, 0.2) is 0 Å². The van der Waals surface area contributed by atoms with Gasteiger partial charge in [-0.1, -0.05) is 31.2 Å². The first-order chi connectivity index (χ1) is 13.3. The van der Waals surface area contributed by atoms with E-state index in [0.717, 1.165) is 23.1 Å². The van der Waals surface area contributed by atoms with E-state index in [1.54, 1.807) is 24.8 Å². The second-order valence-corrected chi connectivity index (χ2v) is 6.34. The van der Waals surface area contributed by atoms with E-state index in [4.69, 9.17) is 0 Å². The normalized spacial score (nSPS) is 11.7. The van der Waals surface area contributed by atoms with Crippen molar-refractivity contribution in [3.8, 4) is 0 Å². The van der Waals surface area contributed by atoms with Gasteiger partial charge in [0.05, 0.1) is 0 Å². The van der Waals surface area contributed by atoms with Crippen LogP contribution in [0.15, 0.2) is 73.3 Å². The summed E-state index contributed by atoms with van der Waals surface area (Å²) in [5.41, 5.74) is 4.31. The van der Waals surface area contributed by atoms with Crippen molar-refractivity contribution in [1.29, 1.82) is 0 Å². The summed E-state index contributed by atoms with van der Waals surface area (Å²) in [4.78, 5) is 20.9. The number of hydrogen-bond acceptors (Lipinski definition) is 4. The minimum absolute atomic E-state index is 0.0508. The molecule has 5 nitrogen and oxygen atoms in total. The maximum absolute atomic E-state index is 12.9. The Morgan fingerprint density at radius 2 is 1.37 bits per heavy atom. The molecule has 2 heterocycles. The van der Waals surface area contributed by atoms with Gasteiger partial charge in [-0.3, -0.25) is 20.1 Å². The number of aryl methyl sites for hydroxylation is 1. The molecule has 5 heteroatoms. The van der Waals surface area contributed by atoms with Crippen LogP contribution in [0.4, 0.5) is 0 Å². The van der Waals surface area contributed by atoms with Gasteiger partial charge in [-0.05, 0) is 52.9 Å². The van der Waals surface area contributed by atoms with Crippen molar-refractivity contribution in [2.45, 2.75) is 32.5 Å². The van der Waals surface area contributed by atoms with Gasteiger partial charge in [-0.2, -0.15) is 0 Å². The van der Waals surface area contributed by atoms with Crippen molar-refractivity contribution < 1.29 is 4.79 Å². The molecular formula is C22H24N4O. The Bertz CT molecular complexity index is 835. The van der Waals surface area contributed by atoms with Crippen LogP contribution in [0.5, 0.6) is 0 Å². The van der Waals surface area contributed by atoms with Crippen LogP contribution in [0.2, 0.25) is 0 Å². The van der Waals surface area contributed by atoms with E-state index in [2.05, 4.69) is 39.7 Å². The zero-order valence-electron chi connectivity index (χ0n) is 15.4. The molecule has 1 aromatic carbocycles. The fourth-order valence-electron chi connectivity index (χ4n) is 2.82. The maximum Gasteiger partial charge on any atom is 0.242 e. The van der Waals surface area contributed by atoms with E-state index in [-0.39, 0.29) is 5.91 Å². The molecule has 0 saturated heterocycles. The third kappa shape index (κ3) is 5.46. The van der Waals surface area contributed by atoms with Crippen molar-refractivity contribution in [3.05, 3.63) is 95.6 Å². The topological polar surface area (TPSA) is 66.9 Å². The molecule has 0 saturated carbocycles. The molecule has 0 aliphatic heterocycles. The maximum atomic E-state index is 12.9. The predicted octanol–water partition coefficient (Wildman–Crippen LogP) is 3.19. The van der Waals surface area contributed by atoms with Crippen molar-refractivity contribution in [2.75, 3.05) is 0 Å². The third-order valence-electron chi connectivity index (χ3n) is 4.46. The average molecular weight is 360 g/mol. The van der Waals surface area contributed by atoms with Gasteiger partial charge in [0.1, 0.15) is 6.04 Å². The van der Waals surface area contributed by atoms with Gasteiger partial charge in [0.25, 0.3) is 0 Å². The molecule has 138 valence electrons. The summed E-state index contributed by atoms with van der Waals surface area (Å²) in [6.45, 7) is 3.18. The lowest BCUT2D eigenvalue weighted by molar-refractivity contribution is -0.123. The van der Waals surface area contributed by atoms with Crippen molar-refractivity contribution in [2.24, 2.45) is 0 Å². The van der Waals surface area contributed by atoms with Gasteiger partial charge >= 0.3 is 0 Å². The van der Waals surface area contributed by atoms with E-state index in [0.29, 0.717) is 13.1 Å². The fourth-order valence-corrected chi connectivity index (χ4v) is 2.82. The van der Waals surface area contributed by atoms with Crippen LogP contribution >= 0.6 is 0 Å². The van der Waals surface area contributed by atoms with Crippen LogP contribution < -0.4 is 10.6 Å². The molecule has 0 bridgehead atoms. The molecule has 2 aromatic heterocycles. The summed E-state index contributed by atoms with van der Waals surface area (Å²) in [6, 6.07) is 15.5. The molecule has 0 aliphatic rings. The highest BCUT2D eigenvalue weighted by atomic mass is 16.2. The fraction of sp³-hybridized carbons (Fsp3) is 0.227. The Kier molecular flexibility index (Phi) is 6.66. The van der Waals surface area contributed by atoms with Gasteiger partial charge in [-0.15, -0.1) is 0 Å². The van der Waals surface area contributed by atoms with Gasteiger partial charge < -0.3 is 5.32 Å². The third-order valence-corrected chi connectivity index (χ3v) is 4.46. The molecule has 0 radical (unpaired) electrons. The molecule has 0 aliphatic carbocycles. The minimum atomic E-state index is -0.425. The number of carbonyl (C=O) groups is 1. The zero-order valence-corrected chi connectivity index (χ0v) is 15.4. The molecule has 0 fully saturated rings. The highest BCUT2D eigenvalue weighted by Crippen LogP contribution is 2.16. The lowest BCUT2D eigenvalue weighted by atomic mass is 10.0. The van der Waals surface area contributed by atoms with E-state index >= 15 is 0 Å². The quantitative estimate of drug-likeness (QED) is 0.647. The first-order valence-corrected chi connectivity index (χ1v) is 9.14. The van der Waals surface area contributed by atoms with Gasteiger partial charge in [-0.25, -0.2) is 0 Å². The van der Waals surface area contributed by atoms with Crippen LogP contribution in [0.25, 0.3) is 0 Å². The van der Waals surface area contributed by atoms with Crippen LogP contribution in [0, 0.1) is 0 Å². The summed E-state index contributed by atoms with van der Waals surface area (Å²) < 4.78 is 0. The Morgan fingerprint density at radius 1 is 0.815 bits per heavy atom. The molecule has 27 heavy (non-hydrogen) atoms. The van der Waals surface area contributed by atoms with Crippen LogP contribution in [0.3, 0.4) is 0 Å². The number of carbonyl (C=O) groups excluding carboxylic acids is 1. The summed E-state index contributed by atoms with van der Waals surface area (Å²) in [6.07, 6.45) is 7.94. The lowest BCUT2D eigenvalue weighted by Crippen LogP contribution is -2.37. The predicted molar refractivity (Wildman–Crippen MR) is 106 cm³/mol.